The number of methoxy groups -OCH3 is 1. The zero-order valence-corrected chi connectivity index (χ0v) is 15.6. The van der Waals surface area contributed by atoms with Crippen molar-refractivity contribution in [3.8, 4) is 5.75 Å². The van der Waals surface area contributed by atoms with Crippen molar-refractivity contribution in [2.45, 2.75) is 12.6 Å². The molecular weight excluding hydrogens is 320 g/mol. The molecule has 0 heterocycles. The zero-order chi connectivity index (χ0) is 18.4. The molecule has 0 radical (unpaired) electrons. The van der Waals surface area contributed by atoms with Crippen molar-refractivity contribution in [1.82, 2.24) is 5.32 Å². The molecule has 0 aliphatic rings. The standard InChI is InChI=1S/C23H26N2O/c1-25(2)21-13-9-18(10-14-21)17-24-23(19-7-5-4-6-8-19)20-11-15-22(26-3)16-12-20/h4-16,23-24H,17H2,1-3H3/t23-/m1/s1. The maximum atomic E-state index is 5.29. The van der Waals surface area contributed by atoms with Crippen LogP contribution >= 0.6 is 0 Å². The summed E-state index contributed by atoms with van der Waals surface area (Å²) in [5.41, 5.74) is 4.96. The maximum absolute atomic E-state index is 5.29. The number of rotatable bonds is 7. The second-order valence-electron chi connectivity index (χ2n) is 6.56. The van der Waals surface area contributed by atoms with E-state index < -0.39 is 0 Å². The highest BCUT2D eigenvalue weighted by Crippen LogP contribution is 2.25. The summed E-state index contributed by atoms with van der Waals surface area (Å²) in [4.78, 5) is 2.11. The van der Waals surface area contributed by atoms with E-state index in [9.17, 15) is 0 Å². The number of anilines is 1. The van der Waals surface area contributed by atoms with Gasteiger partial charge >= 0.3 is 0 Å². The molecule has 0 saturated carbocycles. The van der Waals surface area contributed by atoms with E-state index in [2.05, 4.69) is 91.0 Å². The molecule has 134 valence electrons. The van der Waals surface area contributed by atoms with E-state index in [0.717, 1.165) is 12.3 Å². The lowest BCUT2D eigenvalue weighted by molar-refractivity contribution is 0.414. The summed E-state index contributed by atoms with van der Waals surface area (Å²) < 4.78 is 5.29. The molecule has 0 spiro atoms. The lowest BCUT2D eigenvalue weighted by atomic mass is 9.98. The lowest BCUT2D eigenvalue weighted by Crippen LogP contribution is -2.22. The highest BCUT2D eigenvalue weighted by atomic mass is 16.5. The number of benzene rings is 3. The van der Waals surface area contributed by atoms with Crippen molar-refractivity contribution in [3.63, 3.8) is 0 Å². The molecule has 3 aromatic rings. The van der Waals surface area contributed by atoms with Crippen LogP contribution in [0.2, 0.25) is 0 Å². The van der Waals surface area contributed by atoms with E-state index in [-0.39, 0.29) is 6.04 Å². The van der Waals surface area contributed by atoms with E-state index in [0.29, 0.717) is 0 Å². The van der Waals surface area contributed by atoms with Crippen LogP contribution in [0.5, 0.6) is 5.75 Å². The van der Waals surface area contributed by atoms with E-state index >= 15 is 0 Å². The Hall–Kier alpha value is -2.78. The van der Waals surface area contributed by atoms with Gasteiger partial charge in [-0.1, -0.05) is 54.6 Å². The fraction of sp³-hybridized carbons (Fsp3) is 0.217. The van der Waals surface area contributed by atoms with E-state index in [1.807, 2.05) is 12.1 Å². The first-order valence-electron chi connectivity index (χ1n) is 8.86. The van der Waals surface area contributed by atoms with Crippen molar-refractivity contribution in [1.29, 1.82) is 0 Å². The molecule has 1 N–H and O–H groups in total. The van der Waals surface area contributed by atoms with Gasteiger partial charge in [0, 0.05) is 26.3 Å². The van der Waals surface area contributed by atoms with E-state index in [1.54, 1.807) is 7.11 Å². The van der Waals surface area contributed by atoms with E-state index in [1.165, 1.54) is 22.4 Å². The Labute approximate surface area is 156 Å². The van der Waals surface area contributed by atoms with Gasteiger partial charge in [0.25, 0.3) is 0 Å². The monoisotopic (exact) mass is 346 g/mol. The van der Waals surface area contributed by atoms with Crippen molar-refractivity contribution in [2.24, 2.45) is 0 Å². The van der Waals surface area contributed by atoms with Gasteiger partial charge in [-0.3, -0.25) is 0 Å². The van der Waals surface area contributed by atoms with Crippen LogP contribution in [0.15, 0.2) is 78.9 Å². The second-order valence-corrected chi connectivity index (χ2v) is 6.56. The summed E-state index contributed by atoms with van der Waals surface area (Å²) in [7, 11) is 5.81. The molecule has 3 rings (SSSR count). The molecule has 0 bridgehead atoms. The summed E-state index contributed by atoms with van der Waals surface area (Å²) in [6.07, 6.45) is 0. The molecular formula is C23H26N2O. The number of hydrogen-bond acceptors (Lipinski definition) is 3. The summed E-state index contributed by atoms with van der Waals surface area (Å²) in [5, 5.41) is 3.70. The van der Waals surface area contributed by atoms with E-state index in [4.69, 9.17) is 4.74 Å². The van der Waals surface area contributed by atoms with Gasteiger partial charge in [-0.2, -0.15) is 0 Å². The molecule has 3 aromatic carbocycles. The molecule has 3 heteroatoms. The molecule has 0 amide bonds. The van der Waals surface area contributed by atoms with Gasteiger partial charge < -0.3 is 15.0 Å². The molecule has 0 fully saturated rings. The normalized spacial score (nSPS) is 11.8. The fourth-order valence-electron chi connectivity index (χ4n) is 3.00. The van der Waals surface area contributed by atoms with Gasteiger partial charge in [-0.15, -0.1) is 0 Å². The topological polar surface area (TPSA) is 24.5 Å². The highest BCUT2D eigenvalue weighted by molar-refractivity contribution is 5.46. The predicted molar refractivity (Wildman–Crippen MR) is 109 cm³/mol. The molecule has 0 aromatic heterocycles. The van der Waals surface area contributed by atoms with Gasteiger partial charge in [-0.25, -0.2) is 0 Å². The number of hydrogen-bond donors (Lipinski definition) is 1. The van der Waals surface area contributed by atoms with Crippen LogP contribution in [0.1, 0.15) is 22.7 Å². The van der Waals surface area contributed by atoms with Crippen molar-refractivity contribution in [3.05, 3.63) is 95.6 Å². The first kappa shape index (κ1) is 18.0. The largest absolute Gasteiger partial charge is 0.497 e. The Kier molecular flexibility index (Phi) is 5.92. The minimum atomic E-state index is 0.135. The average molecular weight is 346 g/mol. The minimum absolute atomic E-state index is 0.135. The summed E-state index contributed by atoms with van der Waals surface area (Å²) in [5.74, 6) is 0.875. The Morgan fingerprint density at radius 2 is 1.42 bits per heavy atom. The Morgan fingerprint density at radius 3 is 2.00 bits per heavy atom. The van der Waals surface area contributed by atoms with Crippen LogP contribution in [-0.4, -0.2) is 21.2 Å². The molecule has 0 aliphatic heterocycles. The second kappa shape index (κ2) is 8.54. The Balaban J connectivity index is 1.79. The third-order valence-corrected chi connectivity index (χ3v) is 4.55. The minimum Gasteiger partial charge on any atom is -0.497 e. The number of nitrogens with zero attached hydrogens (tertiary/aromatic N) is 1. The highest BCUT2D eigenvalue weighted by Gasteiger charge is 2.13. The van der Waals surface area contributed by atoms with Crippen molar-refractivity contribution < 1.29 is 4.74 Å². The van der Waals surface area contributed by atoms with Gasteiger partial charge in [0.1, 0.15) is 5.75 Å². The first-order chi connectivity index (χ1) is 12.7. The number of nitrogens with one attached hydrogen (secondary N) is 1. The summed E-state index contributed by atoms with van der Waals surface area (Å²) in [6.45, 7) is 0.805. The predicted octanol–water partition coefficient (Wildman–Crippen LogP) is 4.64. The van der Waals surface area contributed by atoms with Crippen molar-refractivity contribution in [2.75, 3.05) is 26.1 Å². The van der Waals surface area contributed by atoms with Gasteiger partial charge in [0.05, 0.1) is 13.2 Å². The van der Waals surface area contributed by atoms with Crippen LogP contribution in [0.25, 0.3) is 0 Å². The maximum Gasteiger partial charge on any atom is 0.118 e. The average Bonchev–Trinajstić information content (AvgIpc) is 2.70. The smallest absolute Gasteiger partial charge is 0.118 e. The molecule has 26 heavy (non-hydrogen) atoms. The molecule has 3 nitrogen and oxygen atoms in total. The number of ether oxygens (including phenoxy) is 1. The Morgan fingerprint density at radius 1 is 0.808 bits per heavy atom. The van der Waals surface area contributed by atoms with Crippen molar-refractivity contribution >= 4 is 5.69 Å². The Bertz CT molecular complexity index is 796. The van der Waals surface area contributed by atoms with Crippen LogP contribution in [0.4, 0.5) is 5.69 Å². The molecule has 0 saturated heterocycles. The third kappa shape index (κ3) is 4.44. The van der Waals surface area contributed by atoms with Crippen LogP contribution in [-0.2, 0) is 6.54 Å². The van der Waals surface area contributed by atoms with Crippen LogP contribution in [0, 0.1) is 0 Å². The quantitative estimate of drug-likeness (QED) is 0.674. The van der Waals surface area contributed by atoms with Gasteiger partial charge in [-0.05, 0) is 41.0 Å². The third-order valence-electron chi connectivity index (χ3n) is 4.55. The lowest BCUT2D eigenvalue weighted by Gasteiger charge is -2.21. The summed E-state index contributed by atoms with van der Waals surface area (Å²) >= 11 is 0. The van der Waals surface area contributed by atoms with Gasteiger partial charge in [0.2, 0.25) is 0 Å². The molecule has 0 aliphatic carbocycles. The molecule has 1 atom stereocenters. The van der Waals surface area contributed by atoms with Crippen LogP contribution in [0.3, 0.4) is 0 Å². The SMILES string of the molecule is COc1ccc([C@H](NCc2ccc(N(C)C)cc2)c2ccccc2)cc1. The molecule has 0 unspecified atom stereocenters. The first-order valence-corrected chi connectivity index (χ1v) is 8.86. The zero-order valence-electron chi connectivity index (χ0n) is 15.6. The summed E-state index contributed by atoms with van der Waals surface area (Å²) in [6, 6.07) is 27.6. The fourth-order valence-corrected chi connectivity index (χ4v) is 3.00. The van der Waals surface area contributed by atoms with Gasteiger partial charge in [0.15, 0.2) is 0 Å². The van der Waals surface area contributed by atoms with Crippen LogP contribution < -0.4 is 15.0 Å².